The lowest BCUT2D eigenvalue weighted by Gasteiger charge is -2.47. The molecule has 3 aromatic rings. The van der Waals surface area contributed by atoms with Gasteiger partial charge in [-0.3, -0.25) is 0 Å². The van der Waals surface area contributed by atoms with E-state index in [-0.39, 0.29) is 6.61 Å². The van der Waals surface area contributed by atoms with Crippen molar-refractivity contribution in [3.8, 4) is 0 Å². The van der Waals surface area contributed by atoms with Gasteiger partial charge in [0.2, 0.25) is 0 Å². The molecule has 0 unspecified atom stereocenters. The van der Waals surface area contributed by atoms with Gasteiger partial charge in [-0.05, 0) is 30.5 Å². The zero-order chi connectivity index (χ0) is 29.5. The molecule has 0 saturated carbocycles. The van der Waals surface area contributed by atoms with Crippen molar-refractivity contribution >= 4 is 0 Å². The summed E-state index contributed by atoms with van der Waals surface area (Å²) >= 11 is 0. The van der Waals surface area contributed by atoms with Crippen molar-refractivity contribution in [2.24, 2.45) is 0 Å². The van der Waals surface area contributed by atoms with Gasteiger partial charge in [-0.1, -0.05) is 91.0 Å². The van der Waals surface area contributed by atoms with Crippen molar-refractivity contribution in [2.45, 2.75) is 95.1 Å². The molecule has 5 rings (SSSR count). The van der Waals surface area contributed by atoms with Gasteiger partial charge in [0.15, 0.2) is 12.6 Å². The van der Waals surface area contributed by atoms with Gasteiger partial charge >= 0.3 is 0 Å². The monoisotopic (exact) mass is 580 g/mol. The van der Waals surface area contributed by atoms with E-state index in [0.29, 0.717) is 13.2 Å². The van der Waals surface area contributed by atoms with E-state index in [1.165, 1.54) is 0 Å². The third-order valence-electron chi connectivity index (χ3n) is 7.67. The van der Waals surface area contributed by atoms with Gasteiger partial charge in [0, 0.05) is 0 Å². The molecule has 3 N–H and O–H groups in total. The van der Waals surface area contributed by atoms with Crippen molar-refractivity contribution in [3.05, 3.63) is 108 Å². The van der Waals surface area contributed by atoms with E-state index in [9.17, 15) is 15.3 Å². The summed E-state index contributed by atoms with van der Waals surface area (Å²) < 4.78 is 37.3. The minimum atomic E-state index is -1.52. The number of hydrogen-bond donors (Lipinski definition) is 3. The Bertz CT molecular complexity index is 1180. The molecule has 0 amide bonds. The minimum absolute atomic E-state index is 0.234. The van der Waals surface area contributed by atoms with Gasteiger partial charge in [-0.15, -0.1) is 0 Å². The number of aliphatic hydroxyl groups is 3. The van der Waals surface area contributed by atoms with Crippen LogP contribution in [0.4, 0.5) is 0 Å². The third kappa shape index (κ3) is 7.62. The fourth-order valence-electron chi connectivity index (χ4n) is 5.31. The van der Waals surface area contributed by atoms with Crippen LogP contribution in [0.3, 0.4) is 0 Å². The SMILES string of the molecule is C[C@@H]1O[C@@H](O)[C@H](O)[C@H](O[C@@H]2O[C@@H](C)[C@H](OCc3ccccc3)[C@@H](OCc3ccccc3)[C@H]2OCc2ccccc2)[C@H]1O. The number of hydrogen-bond acceptors (Lipinski definition) is 9. The predicted octanol–water partition coefficient (Wildman–Crippen LogP) is 3.33. The highest BCUT2D eigenvalue weighted by atomic mass is 16.7. The van der Waals surface area contributed by atoms with Crippen LogP contribution < -0.4 is 0 Å². The molecule has 2 fully saturated rings. The first-order valence-corrected chi connectivity index (χ1v) is 14.4. The Hall–Kier alpha value is -2.70. The molecule has 2 heterocycles. The van der Waals surface area contributed by atoms with E-state index < -0.39 is 61.4 Å². The second kappa shape index (κ2) is 14.7. The largest absolute Gasteiger partial charge is 0.388 e. The highest BCUT2D eigenvalue weighted by Gasteiger charge is 2.51. The first-order chi connectivity index (χ1) is 20.4. The van der Waals surface area contributed by atoms with Crippen molar-refractivity contribution in [3.63, 3.8) is 0 Å². The van der Waals surface area contributed by atoms with Gasteiger partial charge in [0.1, 0.15) is 36.6 Å². The van der Waals surface area contributed by atoms with Crippen molar-refractivity contribution in [1.29, 1.82) is 0 Å². The summed E-state index contributed by atoms with van der Waals surface area (Å²) in [6, 6.07) is 29.3. The van der Waals surface area contributed by atoms with Gasteiger partial charge in [-0.2, -0.15) is 0 Å². The zero-order valence-corrected chi connectivity index (χ0v) is 23.8. The lowest BCUT2D eigenvalue weighted by molar-refractivity contribution is -0.361. The van der Waals surface area contributed by atoms with E-state index in [2.05, 4.69) is 0 Å². The second-order valence-electron chi connectivity index (χ2n) is 10.8. The average Bonchev–Trinajstić information content (AvgIpc) is 3.01. The lowest BCUT2D eigenvalue weighted by Crippen LogP contribution is -2.64. The van der Waals surface area contributed by atoms with E-state index in [4.69, 9.17) is 28.4 Å². The van der Waals surface area contributed by atoms with Crippen molar-refractivity contribution < 1.29 is 43.7 Å². The topological polar surface area (TPSA) is 116 Å². The Labute approximate surface area is 246 Å². The van der Waals surface area contributed by atoms with Crippen molar-refractivity contribution in [2.75, 3.05) is 0 Å². The summed E-state index contributed by atoms with van der Waals surface area (Å²) in [5.41, 5.74) is 2.92. The summed E-state index contributed by atoms with van der Waals surface area (Å²) in [6.07, 6.45) is -9.78. The maximum absolute atomic E-state index is 10.8. The number of rotatable bonds is 11. The molecule has 9 heteroatoms. The third-order valence-corrected chi connectivity index (χ3v) is 7.67. The Morgan fingerprint density at radius 3 is 1.48 bits per heavy atom. The van der Waals surface area contributed by atoms with Gasteiger partial charge < -0.3 is 43.7 Å². The molecule has 0 bridgehead atoms. The fraction of sp³-hybridized carbons (Fsp3) is 0.455. The quantitative estimate of drug-likeness (QED) is 0.314. The molecule has 0 spiro atoms. The lowest BCUT2D eigenvalue weighted by atomic mass is 9.97. The van der Waals surface area contributed by atoms with Crippen LogP contribution in [0.5, 0.6) is 0 Å². The molecule has 10 atom stereocenters. The smallest absolute Gasteiger partial charge is 0.187 e. The van der Waals surface area contributed by atoms with Gasteiger partial charge in [0.25, 0.3) is 0 Å². The summed E-state index contributed by atoms with van der Waals surface area (Å²) in [5, 5.41) is 31.7. The Morgan fingerprint density at radius 2 is 0.976 bits per heavy atom. The van der Waals surface area contributed by atoms with E-state index >= 15 is 0 Å². The zero-order valence-electron chi connectivity index (χ0n) is 23.8. The van der Waals surface area contributed by atoms with Crippen LogP contribution in [0.2, 0.25) is 0 Å². The Kier molecular flexibility index (Phi) is 10.7. The van der Waals surface area contributed by atoms with Gasteiger partial charge in [-0.25, -0.2) is 0 Å². The molecular formula is C33H40O9. The van der Waals surface area contributed by atoms with Crippen LogP contribution in [0.1, 0.15) is 30.5 Å². The number of aliphatic hydroxyl groups excluding tert-OH is 3. The van der Waals surface area contributed by atoms with Crippen molar-refractivity contribution in [1.82, 2.24) is 0 Å². The number of ether oxygens (including phenoxy) is 6. The first kappa shape index (κ1) is 30.7. The van der Waals surface area contributed by atoms with Gasteiger partial charge in [0.05, 0.1) is 32.0 Å². The van der Waals surface area contributed by atoms with E-state index in [1.807, 2.05) is 97.9 Å². The number of benzene rings is 3. The molecular weight excluding hydrogens is 540 g/mol. The molecule has 0 aromatic heterocycles. The molecule has 226 valence electrons. The van der Waals surface area contributed by atoms with E-state index in [1.54, 1.807) is 6.92 Å². The van der Waals surface area contributed by atoms with Crippen LogP contribution in [0.25, 0.3) is 0 Å². The second-order valence-corrected chi connectivity index (χ2v) is 10.8. The highest BCUT2D eigenvalue weighted by Crippen LogP contribution is 2.33. The fourth-order valence-corrected chi connectivity index (χ4v) is 5.31. The molecule has 2 aliphatic heterocycles. The van der Waals surface area contributed by atoms with Crippen LogP contribution in [-0.4, -0.2) is 76.7 Å². The first-order valence-electron chi connectivity index (χ1n) is 14.4. The minimum Gasteiger partial charge on any atom is -0.388 e. The Morgan fingerprint density at radius 1 is 0.524 bits per heavy atom. The van der Waals surface area contributed by atoms with Crippen LogP contribution in [0, 0.1) is 0 Å². The standard InChI is InChI=1S/C33H40O9/c1-21-26(34)29(27(35)32(36)40-21)42-33-31(39-20-25-16-10-5-11-17-25)30(38-19-24-14-8-4-9-15-24)28(22(2)41-33)37-18-23-12-6-3-7-13-23/h3-17,21-22,26-36H,18-20H2,1-2H3/t21-,22-,26-,27+,28-,29+,30+,31+,32+,33-/m0/s1. The summed E-state index contributed by atoms with van der Waals surface area (Å²) in [6.45, 7) is 4.33. The molecule has 2 saturated heterocycles. The summed E-state index contributed by atoms with van der Waals surface area (Å²) in [4.78, 5) is 0. The average molecular weight is 581 g/mol. The molecule has 3 aromatic carbocycles. The van der Waals surface area contributed by atoms with Crippen LogP contribution in [-0.2, 0) is 48.2 Å². The molecule has 0 aliphatic carbocycles. The maximum atomic E-state index is 10.8. The van der Waals surface area contributed by atoms with Crippen LogP contribution in [0.15, 0.2) is 91.0 Å². The normalized spacial score (nSPS) is 33.4. The van der Waals surface area contributed by atoms with Crippen LogP contribution >= 0.6 is 0 Å². The predicted molar refractivity (Wildman–Crippen MR) is 153 cm³/mol. The Balaban J connectivity index is 1.43. The summed E-state index contributed by atoms with van der Waals surface area (Å²) in [7, 11) is 0. The molecule has 42 heavy (non-hydrogen) atoms. The molecule has 9 nitrogen and oxygen atoms in total. The summed E-state index contributed by atoms with van der Waals surface area (Å²) in [5.74, 6) is 0. The molecule has 2 aliphatic rings. The molecule has 0 radical (unpaired) electrons. The maximum Gasteiger partial charge on any atom is 0.187 e. The van der Waals surface area contributed by atoms with E-state index in [0.717, 1.165) is 16.7 Å². The highest BCUT2D eigenvalue weighted by molar-refractivity contribution is 5.15.